The SMILES string of the molecule is CCc1cccc2sc(N(CCN(CC)CC)C(=O)CCCS(=O)(=O)c3ccc(F)cc3)nc12. The smallest absolute Gasteiger partial charge is 0.228 e. The number of aryl methyl sites for hydroxylation is 1. The number of aromatic nitrogens is 1. The minimum absolute atomic E-state index is 0.0676. The molecule has 34 heavy (non-hydrogen) atoms. The van der Waals surface area contributed by atoms with Crippen molar-refractivity contribution in [2.45, 2.75) is 44.9 Å². The number of amides is 1. The van der Waals surface area contributed by atoms with Crippen LogP contribution in [-0.2, 0) is 21.1 Å². The molecule has 0 saturated carbocycles. The van der Waals surface area contributed by atoms with Crippen molar-refractivity contribution in [3.63, 3.8) is 0 Å². The zero-order valence-corrected chi connectivity index (χ0v) is 21.6. The van der Waals surface area contributed by atoms with Gasteiger partial charge in [0.2, 0.25) is 5.91 Å². The number of sulfone groups is 1. The standard InChI is InChI=1S/C25H32FN3O3S2/c1-4-19-9-7-10-22-24(19)27-25(33-22)29(17-16-28(5-2)6-3)23(30)11-8-18-34(31,32)21-14-12-20(26)13-15-21/h7,9-10,12-15H,4-6,8,11,16-18H2,1-3H3. The average molecular weight is 506 g/mol. The largest absolute Gasteiger partial charge is 0.302 e. The molecule has 0 fully saturated rings. The normalized spacial score (nSPS) is 11.9. The molecule has 0 aliphatic heterocycles. The molecule has 0 spiro atoms. The van der Waals surface area contributed by atoms with Gasteiger partial charge < -0.3 is 4.90 Å². The number of carbonyl (C=O) groups is 1. The van der Waals surface area contributed by atoms with Crippen LogP contribution in [-0.4, -0.2) is 56.1 Å². The Kier molecular flexibility index (Phi) is 9.16. The van der Waals surface area contributed by atoms with Gasteiger partial charge in [-0.05, 0) is 61.8 Å². The van der Waals surface area contributed by atoms with Crippen LogP contribution in [0.15, 0.2) is 47.4 Å². The molecule has 0 atom stereocenters. The number of thiazole rings is 1. The Morgan fingerprint density at radius 1 is 1.03 bits per heavy atom. The number of benzene rings is 2. The van der Waals surface area contributed by atoms with E-state index in [1.807, 2.05) is 18.2 Å². The quantitative estimate of drug-likeness (QED) is 0.327. The molecule has 184 valence electrons. The van der Waals surface area contributed by atoms with E-state index in [1.54, 1.807) is 4.90 Å². The molecule has 3 rings (SSSR count). The summed E-state index contributed by atoms with van der Waals surface area (Å²) in [4.78, 5) is 22.1. The molecular weight excluding hydrogens is 473 g/mol. The van der Waals surface area contributed by atoms with E-state index >= 15 is 0 Å². The Bertz CT molecular complexity index is 1210. The molecule has 0 radical (unpaired) electrons. The third-order valence-corrected chi connectivity index (χ3v) is 8.77. The van der Waals surface area contributed by atoms with Crippen LogP contribution in [0, 0.1) is 5.82 Å². The molecule has 0 aliphatic carbocycles. The van der Waals surface area contributed by atoms with Gasteiger partial charge in [0.25, 0.3) is 0 Å². The van der Waals surface area contributed by atoms with Crippen molar-refractivity contribution in [3.05, 3.63) is 53.8 Å². The molecular formula is C25H32FN3O3S2. The predicted molar refractivity (Wildman–Crippen MR) is 137 cm³/mol. The number of fused-ring (bicyclic) bond motifs is 1. The zero-order valence-electron chi connectivity index (χ0n) is 20.0. The predicted octanol–water partition coefficient (Wildman–Crippen LogP) is 4.93. The second-order valence-corrected chi connectivity index (χ2v) is 11.2. The maximum Gasteiger partial charge on any atom is 0.228 e. The van der Waals surface area contributed by atoms with Crippen LogP contribution in [0.5, 0.6) is 0 Å². The molecule has 0 unspecified atom stereocenters. The van der Waals surface area contributed by atoms with Crippen LogP contribution < -0.4 is 4.90 Å². The summed E-state index contributed by atoms with van der Waals surface area (Å²) in [5.41, 5.74) is 2.06. The molecule has 2 aromatic carbocycles. The minimum Gasteiger partial charge on any atom is -0.302 e. The summed E-state index contributed by atoms with van der Waals surface area (Å²) in [5, 5.41) is 0.648. The van der Waals surface area contributed by atoms with E-state index in [4.69, 9.17) is 4.98 Å². The number of carbonyl (C=O) groups excluding carboxylic acids is 1. The number of halogens is 1. The van der Waals surface area contributed by atoms with Crippen molar-refractivity contribution in [2.24, 2.45) is 0 Å². The van der Waals surface area contributed by atoms with Gasteiger partial charge in [0.1, 0.15) is 5.82 Å². The highest BCUT2D eigenvalue weighted by molar-refractivity contribution is 7.91. The van der Waals surface area contributed by atoms with Crippen molar-refractivity contribution < 1.29 is 17.6 Å². The van der Waals surface area contributed by atoms with Crippen molar-refractivity contribution >= 4 is 42.4 Å². The number of rotatable bonds is 12. The maximum absolute atomic E-state index is 13.3. The lowest BCUT2D eigenvalue weighted by Crippen LogP contribution is -2.38. The van der Waals surface area contributed by atoms with Gasteiger partial charge in [0.15, 0.2) is 15.0 Å². The van der Waals surface area contributed by atoms with Gasteiger partial charge in [0, 0.05) is 19.5 Å². The zero-order chi connectivity index (χ0) is 24.7. The molecule has 0 saturated heterocycles. The van der Waals surface area contributed by atoms with E-state index in [1.165, 1.54) is 23.5 Å². The lowest BCUT2D eigenvalue weighted by molar-refractivity contribution is -0.118. The van der Waals surface area contributed by atoms with Crippen molar-refractivity contribution in [1.82, 2.24) is 9.88 Å². The lowest BCUT2D eigenvalue weighted by Gasteiger charge is -2.24. The first-order valence-electron chi connectivity index (χ1n) is 11.7. The number of para-hydroxylation sites is 1. The van der Waals surface area contributed by atoms with Gasteiger partial charge in [0.05, 0.1) is 20.9 Å². The second-order valence-electron chi connectivity index (χ2n) is 8.06. The van der Waals surface area contributed by atoms with E-state index in [0.717, 1.165) is 47.4 Å². The Balaban J connectivity index is 1.76. The molecule has 0 N–H and O–H groups in total. The number of likely N-dealkylation sites (N-methyl/N-ethyl adjacent to an activating group) is 1. The Labute approximate surface area is 205 Å². The molecule has 0 bridgehead atoms. The van der Waals surface area contributed by atoms with E-state index < -0.39 is 15.7 Å². The van der Waals surface area contributed by atoms with Crippen molar-refractivity contribution in [3.8, 4) is 0 Å². The van der Waals surface area contributed by atoms with Crippen LogP contribution in [0.2, 0.25) is 0 Å². The van der Waals surface area contributed by atoms with Crippen LogP contribution in [0.1, 0.15) is 39.2 Å². The molecule has 0 aliphatic rings. The third-order valence-electron chi connectivity index (χ3n) is 5.91. The van der Waals surface area contributed by atoms with E-state index in [0.29, 0.717) is 18.2 Å². The number of hydrogen-bond donors (Lipinski definition) is 0. The first-order chi connectivity index (χ1) is 16.3. The van der Waals surface area contributed by atoms with Crippen molar-refractivity contribution in [1.29, 1.82) is 0 Å². The summed E-state index contributed by atoms with van der Waals surface area (Å²) >= 11 is 1.49. The molecule has 1 heterocycles. The summed E-state index contributed by atoms with van der Waals surface area (Å²) in [6, 6.07) is 10.8. The van der Waals surface area contributed by atoms with Gasteiger partial charge in [-0.3, -0.25) is 9.69 Å². The van der Waals surface area contributed by atoms with Gasteiger partial charge in [-0.2, -0.15) is 0 Å². The monoisotopic (exact) mass is 505 g/mol. The fraction of sp³-hybridized carbons (Fsp3) is 0.440. The average Bonchev–Trinajstić information content (AvgIpc) is 3.26. The van der Waals surface area contributed by atoms with Crippen LogP contribution in [0.25, 0.3) is 10.2 Å². The van der Waals surface area contributed by atoms with Crippen molar-refractivity contribution in [2.75, 3.05) is 36.8 Å². The Morgan fingerprint density at radius 3 is 2.38 bits per heavy atom. The Morgan fingerprint density at radius 2 is 1.74 bits per heavy atom. The number of nitrogens with zero attached hydrogens (tertiary/aromatic N) is 3. The van der Waals surface area contributed by atoms with E-state index in [9.17, 15) is 17.6 Å². The third kappa shape index (κ3) is 6.40. The highest BCUT2D eigenvalue weighted by atomic mass is 32.2. The summed E-state index contributed by atoms with van der Waals surface area (Å²) in [6.07, 6.45) is 1.13. The lowest BCUT2D eigenvalue weighted by atomic mass is 10.1. The van der Waals surface area contributed by atoms with E-state index in [2.05, 4.69) is 25.7 Å². The van der Waals surface area contributed by atoms with E-state index in [-0.39, 0.29) is 29.4 Å². The highest BCUT2D eigenvalue weighted by Gasteiger charge is 2.22. The number of anilines is 1. The number of hydrogen-bond acceptors (Lipinski definition) is 6. The van der Waals surface area contributed by atoms with Crippen LogP contribution in [0.4, 0.5) is 9.52 Å². The Hall–Kier alpha value is -2.36. The fourth-order valence-electron chi connectivity index (χ4n) is 3.81. The molecule has 1 aromatic heterocycles. The van der Waals surface area contributed by atoms with Gasteiger partial charge in [-0.1, -0.05) is 44.2 Å². The molecule has 6 nitrogen and oxygen atoms in total. The first-order valence-corrected chi connectivity index (χ1v) is 14.1. The van der Waals surface area contributed by atoms with Gasteiger partial charge >= 0.3 is 0 Å². The maximum atomic E-state index is 13.3. The van der Waals surface area contributed by atoms with Gasteiger partial charge in [-0.15, -0.1) is 0 Å². The van der Waals surface area contributed by atoms with Gasteiger partial charge in [-0.25, -0.2) is 17.8 Å². The topological polar surface area (TPSA) is 70.6 Å². The summed E-state index contributed by atoms with van der Waals surface area (Å²) < 4.78 is 39.3. The minimum atomic E-state index is -3.58. The highest BCUT2D eigenvalue weighted by Crippen LogP contribution is 2.31. The molecule has 9 heteroatoms. The van der Waals surface area contributed by atoms with Crippen LogP contribution in [0.3, 0.4) is 0 Å². The second kappa shape index (κ2) is 11.9. The summed E-state index contributed by atoms with van der Waals surface area (Å²) in [6.45, 7) is 9.22. The molecule has 1 amide bonds. The molecule has 3 aromatic rings. The first kappa shape index (κ1) is 26.2. The fourth-order valence-corrected chi connectivity index (χ4v) is 6.18. The summed E-state index contributed by atoms with van der Waals surface area (Å²) in [5.74, 6) is -0.799. The van der Waals surface area contributed by atoms with Crippen LogP contribution >= 0.6 is 11.3 Å². The summed E-state index contributed by atoms with van der Waals surface area (Å²) in [7, 11) is -3.58.